The number of carbonyl (C=O) groups excluding carboxylic acids is 2. The van der Waals surface area contributed by atoms with Crippen LogP contribution in [0.25, 0.3) is 10.9 Å². The van der Waals surface area contributed by atoms with Crippen LogP contribution in [-0.2, 0) is 16.1 Å². The van der Waals surface area contributed by atoms with Gasteiger partial charge < -0.3 is 15.2 Å². The van der Waals surface area contributed by atoms with Crippen LogP contribution >= 0.6 is 15.9 Å². The van der Waals surface area contributed by atoms with E-state index >= 15 is 0 Å². The summed E-state index contributed by atoms with van der Waals surface area (Å²) in [5.41, 5.74) is 2.04. The molecule has 3 rings (SSSR count). The topological polar surface area (TPSA) is 65.2 Å². The summed E-state index contributed by atoms with van der Waals surface area (Å²) in [6, 6.07) is 8.09. The van der Waals surface area contributed by atoms with E-state index in [1.165, 1.54) is 6.08 Å². The lowest BCUT2D eigenvalue weighted by Gasteiger charge is -2.30. The van der Waals surface area contributed by atoms with Gasteiger partial charge in [-0.2, -0.15) is 0 Å². The maximum Gasteiger partial charge on any atom is 0.245 e. The third kappa shape index (κ3) is 3.70. The number of benzene rings is 1. The molecule has 1 aliphatic heterocycles. The second kappa shape index (κ2) is 7.21. The summed E-state index contributed by atoms with van der Waals surface area (Å²) in [4.78, 5) is 28.9. The number of amides is 2. The van der Waals surface area contributed by atoms with Crippen molar-refractivity contribution in [3.05, 3.63) is 47.1 Å². The zero-order chi connectivity index (χ0) is 17.1. The normalized spacial score (nSPS) is 15.5. The van der Waals surface area contributed by atoms with Crippen LogP contribution in [0, 0.1) is 5.92 Å². The zero-order valence-electron chi connectivity index (χ0n) is 13.3. The third-order valence-electron chi connectivity index (χ3n) is 4.44. The molecule has 6 heteroatoms. The highest BCUT2D eigenvalue weighted by molar-refractivity contribution is 9.10. The van der Waals surface area contributed by atoms with Gasteiger partial charge in [0.2, 0.25) is 11.8 Å². The average molecular weight is 390 g/mol. The number of likely N-dealkylation sites (tertiary alicyclic amines) is 1. The SMILES string of the molecule is C=CC(=O)N1CCC(C(=O)NCc2cc3cc(Br)ccc3[nH]2)CC1. The quantitative estimate of drug-likeness (QED) is 0.789. The first-order valence-corrected chi connectivity index (χ1v) is 8.82. The average Bonchev–Trinajstić information content (AvgIpc) is 3.01. The summed E-state index contributed by atoms with van der Waals surface area (Å²) < 4.78 is 1.03. The monoisotopic (exact) mass is 389 g/mol. The molecule has 0 spiro atoms. The van der Waals surface area contributed by atoms with Crippen LogP contribution < -0.4 is 5.32 Å². The second-order valence-corrected chi connectivity index (χ2v) is 6.96. The number of carbonyl (C=O) groups is 2. The van der Waals surface area contributed by atoms with Crippen LogP contribution in [0.5, 0.6) is 0 Å². The lowest BCUT2D eigenvalue weighted by atomic mass is 9.96. The van der Waals surface area contributed by atoms with Crippen molar-refractivity contribution in [1.29, 1.82) is 0 Å². The van der Waals surface area contributed by atoms with Gasteiger partial charge in [0.1, 0.15) is 0 Å². The largest absolute Gasteiger partial charge is 0.357 e. The molecule has 1 aliphatic rings. The number of piperidine rings is 1. The van der Waals surface area contributed by atoms with Crippen molar-refractivity contribution in [2.24, 2.45) is 5.92 Å². The Morgan fingerprint density at radius 1 is 1.33 bits per heavy atom. The fraction of sp³-hybridized carbons (Fsp3) is 0.333. The zero-order valence-corrected chi connectivity index (χ0v) is 14.9. The number of hydrogen-bond acceptors (Lipinski definition) is 2. The molecule has 0 aliphatic carbocycles. The third-order valence-corrected chi connectivity index (χ3v) is 4.94. The summed E-state index contributed by atoms with van der Waals surface area (Å²) in [6.07, 6.45) is 2.73. The maximum atomic E-state index is 12.3. The molecule has 126 valence electrons. The van der Waals surface area contributed by atoms with E-state index in [4.69, 9.17) is 0 Å². The Hall–Kier alpha value is -2.08. The molecule has 0 radical (unpaired) electrons. The molecule has 5 nitrogen and oxygen atoms in total. The molecule has 2 amide bonds. The fourth-order valence-electron chi connectivity index (χ4n) is 3.08. The molecule has 2 aromatic rings. The minimum absolute atomic E-state index is 0.0302. The number of nitrogens with one attached hydrogen (secondary N) is 2. The molecule has 2 N–H and O–H groups in total. The molecule has 1 aromatic heterocycles. The molecule has 0 unspecified atom stereocenters. The van der Waals surface area contributed by atoms with Crippen LogP contribution in [0.3, 0.4) is 0 Å². The van der Waals surface area contributed by atoms with Gasteiger partial charge in [0.15, 0.2) is 0 Å². The smallest absolute Gasteiger partial charge is 0.245 e. The number of nitrogens with zero attached hydrogens (tertiary/aromatic N) is 1. The minimum Gasteiger partial charge on any atom is -0.357 e. The summed E-state index contributed by atoms with van der Waals surface area (Å²) >= 11 is 3.46. The first-order valence-electron chi connectivity index (χ1n) is 8.03. The van der Waals surface area contributed by atoms with Gasteiger partial charge in [0.25, 0.3) is 0 Å². The van der Waals surface area contributed by atoms with E-state index in [1.807, 2.05) is 24.3 Å². The Balaban J connectivity index is 1.53. The number of aromatic amines is 1. The maximum absolute atomic E-state index is 12.3. The molecule has 1 aromatic carbocycles. The Morgan fingerprint density at radius 2 is 2.08 bits per heavy atom. The molecule has 1 saturated heterocycles. The molecule has 24 heavy (non-hydrogen) atoms. The summed E-state index contributed by atoms with van der Waals surface area (Å²) in [5.74, 6) is -0.0315. The van der Waals surface area contributed by atoms with Crippen molar-refractivity contribution < 1.29 is 9.59 Å². The van der Waals surface area contributed by atoms with E-state index in [0.717, 1.165) is 21.1 Å². The van der Waals surface area contributed by atoms with Crippen molar-refractivity contribution in [2.75, 3.05) is 13.1 Å². The molecule has 0 atom stereocenters. The Labute approximate surface area is 149 Å². The summed E-state index contributed by atoms with van der Waals surface area (Å²) in [5, 5.41) is 4.11. The van der Waals surface area contributed by atoms with Gasteiger partial charge in [0.05, 0.1) is 6.54 Å². The van der Waals surface area contributed by atoms with Crippen molar-refractivity contribution in [2.45, 2.75) is 19.4 Å². The van der Waals surface area contributed by atoms with Crippen LogP contribution in [-0.4, -0.2) is 34.8 Å². The van der Waals surface area contributed by atoms with Crippen LogP contribution in [0.4, 0.5) is 0 Å². The Morgan fingerprint density at radius 3 is 2.79 bits per heavy atom. The molecule has 2 heterocycles. The minimum atomic E-state index is -0.0573. The molecule has 0 bridgehead atoms. The van der Waals surface area contributed by atoms with Crippen LogP contribution in [0.15, 0.2) is 41.4 Å². The van der Waals surface area contributed by atoms with Gasteiger partial charge in [-0.3, -0.25) is 9.59 Å². The highest BCUT2D eigenvalue weighted by atomic mass is 79.9. The fourth-order valence-corrected chi connectivity index (χ4v) is 3.46. The molecular weight excluding hydrogens is 370 g/mol. The van der Waals surface area contributed by atoms with Crippen molar-refractivity contribution in [3.63, 3.8) is 0 Å². The van der Waals surface area contributed by atoms with Gasteiger partial charge in [-0.1, -0.05) is 22.5 Å². The Kier molecular flexibility index (Phi) is 5.04. The number of H-pyrrole nitrogens is 1. The molecular formula is C18H20BrN3O2. The van der Waals surface area contributed by atoms with Crippen LogP contribution in [0.1, 0.15) is 18.5 Å². The predicted octanol–water partition coefficient (Wildman–Crippen LogP) is 2.97. The summed E-state index contributed by atoms with van der Waals surface area (Å²) in [7, 11) is 0. The predicted molar refractivity (Wildman–Crippen MR) is 97.3 cm³/mol. The van der Waals surface area contributed by atoms with E-state index in [-0.39, 0.29) is 17.7 Å². The standard InChI is InChI=1S/C18H20BrN3O2/c1-2-17(23)22-7-5-12(6-8-22)18(24)20-11-15-10-13-9-14(19)3-4-16(13)21-15/h2-4,9-10,12,21H,1,5-8,11H2,(H,20,24). The van der Waals surface area contributed by atoms with Gasteiger partial charge in [0, 0.05) is 40.1 Å². The van der Waals surface area contributed by atoms with E-state index in [2.05, 4.69) is 32.8 Å². The van der Waals surface area contributed by atoms with Gasteiger partial charge >= 0.3 is 0 Å². The number of rotatable bonds is 4. The lowest BCUT2D eigenvalue weighted by Crippen LogP contribution is -2.42. The first-order chi connectivity index (χ1) is 11.6. The van der Waals surface area contributed by atoms with E-state index < -0.39 is 0 Å². The second-order valence-electron chi connectivity index (χ2n) is 6.05. The molecule has 0 saturated carbocycles. The van der Waals surface area contributed by atoms with Gasteiger partial charge in [-0.05, 0) is 43.2 Å². The van der Waals surface area contributed by atoms with Crippen molar-refractivity contribution >= 4 is 38.6 Å². The van der Waals surface area contributed by atoms with E-state index in [0.29, 0.717) is 32.5 Å². The van der Waals surface area contributed by atoms with Crippen molar-refractivity contribution in [1.82, 2.24) is 15.2 Å². The number of halogens is 1. The van der Waals surface area contributed by atoms with Gasteiger partial charge in [-0.25, -0.2) is 0 Å². The number of aromatic nitrogens is 1. The number of fused-ring (bicyclic) bond motifs is 1. The first kappa shape index (κ1) is 16.8. The van der Waals surface area contributed by atoms with Crippen molar-refractivity contribution in [3.8, 4) is 0 Å². The number of hydrogen-bond donors (Lipinski definition) is 2. The summed E-state index contributed by atoms with van der Waals surface area (Å²) in [6.45, 7) is 5.21. The Bertz CT molecular complexity index is 776. The van der Waals surface area contributed by atoms with E-state index in [1.54, 1.807) is 4.90 Å². The van der Waals surface area contributed by atoms with E-state index in [9.17, 15) is 9.59 Å². The lowest BCUT2D eigenvalue weighted by molar-refractivity contribution is -0.132. The molecule has 1 fully saturated rings. The van der Waals surface area contributed by atoms with Gasteiger partial charge in [-0.15, -0.1) is 0 Å². The highest BCUT2D eigenvalue weighted by Crippen LogP contribution is 2.21. The highest BCUT2D eigenvalue weighted by Gasteiger charge is 2.26. The van der Waals surface area contributed by atoms with Crippen LogP contribution in [0.2, 0.25) is 0 Å².